The van der Waals surface area contributed by atoms with E-state index in [1.54, 1.807) is 0 Å². The quantitative estimate of drug-likeness (QED) is 0.797. The minimum absolute atomic E-state index is 0.0681. The summed E-state index contributed by atoms with van der Waals surface area (Å²) in [6.45, 7) is 3.98. The van der Waals surface area contributed by atoms with E-state index in [1.165, 1.54) is 5.56 Å². The molecule has 1 aliphatic heterocycles. The summed E-state index contributed by atoms with van der Waals surface area (Å²) < 4.78 is 0. The molecule has 1 heterocycles. The van der Waals surface area contributed by atoms with Crippen molar-refractivity contribution < 1.29 is 4.79 Å². The maximum Gasteiger partial charge on any atom is 0.238 e. The summed E-state index contributed by atoms with van der Waals surface area (Å²) in [5.41, 5.74) is 5.37. The maximum atomic E-state index is 11.4. The zero-order chi connectivity index (χ0) is 10.8. The summed E-state index contributed by atoms with van der Waals surface area (Å²) in [6, 6.07) is 8.55. The Balaban J connectivity index is 2.22. The van der Waals surface area contributed by atoms with Crippen molar-refractivity contribution in [2.75, 3.05) is 5.01 Å². The summed E-state index contributed by atoms with van der Waals surface area (Å²) in [5, 5.41) is 1.97. The standard InChI is InChI=1S/C12H16N2O/c1-3-12(15)13-14-9(2)8-10-6-4-5-7-11(10)14/h4-7,9H,3,8H2,1-2H3,(H,13,15)/t9-/m0/s1. The Morgan fingerprint density at radius 1 is 1.53 bits per heavy atom. The first-order chi connectivity index (χ1) is 7.22. The number of hydrogen-bond acceptors (Lipinski definition) is 2. The molecule has 3 nitrogen and oxygen atoms in total. The number of anilines is 1. The number of rotatable bonds is 2. The molecule has 15 heavy (non-hydrogen) atoms. The average molecular weight is 204 g/mol. The molecule has 80 valence electrons. The SMILES string of the molecule is CCC(=O)NN1c2ccccc2C[C@@H]1C. The molecule has 0 saturated heterocycles. The molecule has 0 fully saturated rings. The topological polar surface area (TPSA) is 32.3 Å². The van der Waals surface area contributed by atoms with Gasteiger partial charge in [-0.15, -0.1) is 0 Å². The second-order valence-electron chi connectivity index (χ2n) is 3.94. The minimum Gasteiger partial charge on any atom is -0.282 e. The van der Waals surface area contributed by atoms with Crippen molar-refractivity contribution in [1.29, 1.82) is 0 Å². The van der Waals surface area contributed by atoms with Crippen LogP contribution in [0, 0.1) is 0 Å². The van der Waals surface area contributed by atoms with E-state index in [9.17, 15) is 4.79 Å². The van der Waals surface area contributed by atoms with E-state index >= 15 is 0 Å². The first-order valence-corrected chi connectivity index (χ1v) is 5.39. The second kappa shape index (κ2) is 3.93. The van der Waals surface area contributed by atoms with Gasteiger partial charge in [0.25, 0.3) is 0 Å². The Hall–Kier alpha value is -1.51. The van der Waals surface area contributed by atoms with Crippen molar-refractivity contribution in [3.05, 3.63) is 29.8 Å². The lowest BCUT2D eigenvalue weighted by Gasteiger charge is -2.25. The number of amides is 1. The fourth-order valence-corrected chi connectivity index (χ4v) is 1.95. The molecule has 0 aliphatic carbocycles. The van der Waals surface area contributed by atoms with Crippen LogP contribution < -0.4 is 10.4 Å². The van der Waals surface area contributed by atoms with Crippen LogP contribution in [-0.2, 0) is 11.2 Å². The molecule has 2 rings (SSSR count). The van der Waals surface area contributed by atoms with Gasteiger partial charge in [-0.2, -0.15) is 0 Å². The largest absolute Gasteiger partial charge is 0.282 e. The Morgan fingerprint density at radius 3 is 3.00 bits per heavy atom. The normalized spacial score (nSPS) is 18.8. The summed E-state index contributed by atoms with van der Waals surface area (Å²) in [5.74, 6) is 0.0681. The predicted octanol–water partition coefficient (Wildman–Crippen LogP) is 1.88. The Morgan fingerprint density at radius 2 is 2.27 bits per heavy atom. The third kappa shape index (κ3) is 1.82. The average Bonchev–Trinajstić information content (AvgIpc) is 2.55. The van der Waals surface area contributed by atoms with Gasteiger partial charge >= 0.3 is 0 Å². The molecule has 0 spiro atoms. The molecule has 0 radical (unpaired) electrons. The van der Waals surface area contributed by atoms with Crippen LogP contribution >= 0.6 is 0 Å². The van der Waals surface area contributed by atoms with Gasteiger partial charge in [0.1, 0.15) is 0 Å². The lowest BCUT2D eigenvalue weighted by Crippen LogP contribution is -2.45. The van der Waals surface area contributed by atoms with Crippen LogP contribution in [-0.4, -0.2) is 11.9 Å². The summed E-state index contributed by atoms with van der Waals surface area (Å²) in [6.07, 6.45) is 1.52. The Bertz CT molecular complexity index is 376. The fourth-order valence-electron chi connectivity index (χ4n) is 1.95. The van der Waals surface area contributed by atoms with Gasteiger partial charge in [0.05, 0.1) is 11.7 Å². The number of nitrogens with one attached hydrogen (secondary N) is 1. The smallest absolute Gasteiger partial charge is 0.238 e. The lowest BCUT2D eigenvalue weighted by molar-refractivity contribution is -0.121. The zero-order valence-electron chi connectivity index (χ0n) is 9.16. The summed E-state index contributed by atoms with van der Waals surface area (Å²) >= 11 is 0. The third-order valence-electron chi connectivity index (χ3n) is 2.77. The molecule has 0 unspecified atom stereocenters. The van der Waals surface area contributed by atoms with E-state index in [1.807, 2.05) is 24.1 Å². The van der Waals surface area contributed by atoms with Crippen molar-refractivity contribution in [1.82, 2.24) is 5.43 Å². The highest BCUT2D eigenvalue weighted by Crippen LogP contribution is 2.29. The summed E-state index contributed by atoms with van der Waals surface area (Å²) in [7, 11) is 0. The van der Waals surface area contributed by atoms with Crippen LogP contribution in [0.25, 0.3) is 0 Å². The highest BCUT2D eigenvalue weighted by molar-refractivity contribution is 5.78. The Labute approximate surface area is 90.1 Å². The van der Waals surface area contributed by atoms with Crippen LogP contribution in [0.3, 0.4) is 0 Å². The molecule has 1 amide bonds. The highest BCUT2D eigenvalue weighted by atomic mass is 16.2. The highest BCUT2D eigenvalue weighted by Gasteiger charge is 2.26. The summed E-state index contributed by atoms with van der Waals surface area (Å²) in [4.78, 5) is 11.4. The fraction of sp³-hybridized carbons (Fsp3) is 0.417. The number of carbonyl (C=O) groups excluding carboxylic acids is 1. The van der Waals surface area contributed by atoms with Gasteiger partial charge in [0.15, 0.2) is 0 Å². The molecule has 1 aromatic rings. The lowest BCUT2D eigenvalue weighted by atomic mass is 10.1. The molecular formula is C12H16N2O. The molecular weight excluding hydrogens is 188 g/mol. The van der Waals surface area contributed by atoms with Crippen molar-refractivity contribution in [3.63, 3.8) is 0 Å². The van der Waals surface area contributed by atoms with E-state index in [0.717, 1.165) is 12.1 Å². The predicted molar refractivity (Wildman–Crippen MR) is 60.5 cm³/mol. The van der Waals surface area contributed by atoms with E-state index < -0.39 is 0 Å². The monoisotopic (exact) mass is 204 g/mol. The van der Waals surface area contributed by atoms with Crippen molar-refractivity contribution in [3.8, 4) is 0 Å². The third-order valence-corrected chi connectivity index (χ3v) is 2.77. The molecule has 1 aliphatic rings. The number of nitrogens with zero attached hydrogens (tertiary/aromatic N) is 1. The van der Waals surface area contributed by atoms with E-state index in [2.05, 4.69) is 24.5 Å². The maximum absolute atomic E-state index is 11.4. The van der Waals surface area contributed by atoms with Gasteiger partial charge < -0.3 is 0 Å². The van der Waals surface area contributed by atoms with Gasteiger partial charge in [0.2, 0.25) is 5.91 Å². The number of benzene rings is 1. The number of carbonyl (C=O) groups is 1. The van der Waals surface area contributed by atoms with E-state index in [4.69, 9.17) is 0 Å². The van der Waals surface area contributed by atoms with Gasteiger partial charge in [-0.05, 0) is 25.0 Å². The van der Waals surface area contributed by atoms with Crippen LogP contribution in [0.2, 0.25) is 0 Å². The number of para-hydroxylation sites is 1. The molecule has 1 atom stereocenters. The van der Waals surface area contributed by atoms with E-state index in [0.29, 0.717) is 12.5 Å². The molecule has 0 saturated carbocycles. The molecule has 3 heteroatoms. The first-order valence-electron chi connectivity index (χ1n) is 5.39. The second-order valence-corrected chi connectivity index (χ2v) is 3.94. The molecule has 1 aromatic carbocycles. The van der Waals surface area contributed by atoms with Gasteiger partial charge in [0, 0.05) is 6.42 Å². The van der Waals surface area contributed by atoms with Crippen LogP contribution in [0.4, 0.5) is 5.69 Å². The van der Waals surface area contributed by atoms with Crippen molar-refractivity contribution >= 4 is 11.6 Å². The minimum atomic E-state index is 0.0681. The molecule has 1 N–H and O–H groups in total. The van der Waals surface area contributed by atoms with E-state index in [-0.39, 0.29) is 5.91 Å². The van der Waals surface area contributed by atoms with Crippen molar-refractivity contribution in [2.24, 2.45) is 0 Å². The first kappa shape index (κ1) is 10.0. The number of hydrazine groups is 1. The molecule has 0 bridgehead atoms. The van der Waals surface area contributed by atoms with Gasteiger partial charge in [-0.3, -0.25) is 15.2 Å². The van der Waals surface area contributed by atoms with Crippen LogP contribution in [0.5, 0.6) is 0 Å². The van der Waals surface area contributed by atoms with Gasteiger partial charge in [-0.1, -0.05) is 25.1 Å². The van der Waals surface area contributed by atoms with Crippen LogP contribution in [0.15, 0.2) is 24.3 Å². The number of hydrogen-bond donors (Lipinski definition) is 1. The zero-order valence-corrected chi connectivity index (χ0v) is 9.16. The van der Waals surface area contributed by atoms with Crippen molar-refractivity contribution in [2.45, 2.75) is 32.7 Å². The van der Waals surface area contributed by atoms with Gasteiger partial charge in [-0.25, -0.2) is 0 Å². The Kier molecular flexibility index (Phi) is 2.62. The number of fused-ring (bicyclic) bond motifs is 1. The molecule has 0 aromatic heterocycles. The van der Waals surface area contributed by atoms with Crippen LogP contribution in [0.1, 0.15) is 25.8 Å².